The molecule has 0 spiro atoms. The third-order valence-corrected chi connectivity index (χ3v) is 5.51. The van der Waals surface area contributed by atoms with E-state index in [-0.39, 0.29) is 11.7 Å². The van der Waals surface area contributed by atoms with Crippen molar-refractivity contribution in [2.24, 2.45) is 0 Å². The summed E-state index contributed by atoms with van der Waals surface area (Å²) in [6.45, 7) is 0.544. The maximum absolute atomic E-state index is 12.3. The zero-order valence-electron chi connectivity index (χ0n) is 16.0. The van der Waals surface area contributed by atoms with Crippen LogP contribution in [-0.2, 0) is 11.2 Å². The number of benzene rings is 2. The van der Waals surface area contributed by atoms with Gasteiger partial charge in [-0.1, -0.05) is 53.7 Å². The second-order valence-corrected chi connectivity index (χ2v) is 7.85. The third kappa shape index (κ3) is 4.93. The zero-order chi connectivity index (χ0) is 20.8. The van der Waals surface area contributed by atoms with E-state index in [4.69, 9.17) is 16.0 Å². The van der Waals surface area contributed by atoms with Gasteiger partial charge in [-0.05, 0) is 48.4 Å². The van der Waals surface area contributed by atoms with Gasteiger partial charge in [-0.2, -0.15) is 0 Å². The Morgan fingerprint density at radius 1 is 1.07 bits per heavy atom. The normalized spacial score (nSPS) is 10.8. The standard InChI is InChI=1S/C22H19ClN4O2S/c23-17-7-4-6-16(14-17)11-12-24-20(28)15-30-22-26-25-21(19-10-5-13-29-19)27(22)18-8-2-1-3-9-18/h1-10,13-14H,11-12,15H2,(H,24,28). The van der Waals surface area contributed by atoms with E-state index >= 15 is 0 Å². The van der Waals surface area contributed by atoms with Crippen molar-refractivity contribution < 1.29 is 9.21 Å². The molecule has 0 aliphatic rings. The molecule has 4 aromatic rings. The van der Waals surface area contributed by atoms with Gasteiger partial charge in [0.15, 0.2) is 10.9 Å². The molecule has 30 heavy (non-hydrogen) atoms. The molecule has 0 atom stereocenters. The molecule has 1 amide bonds. The number of halogens is 1. The van der Waals surface area contributed by atoms with E-state index in [2.05, 4.69) is 15.5 Å². The van der Waals surface area contributed by atoms with Crippen LogP contribution in [0, 0.1) is 0 Å². The number of aromatic nitrogens is 3. The van der Waals surface area contributed by atoms with Crippen LogP contribution in [0.3, 0.4) is 0 Å². The lowest BCUT2D eigenvalue weighted by atomic mass is 10.1. The zero-order valence-corrected chi connectivity index (χ0v) is 17.6. The van der Waals surface area contributed by atoms with Crippen molar-refractivity contribution in [1.29, 1.82) is 0 Å². The maximum atomic E-state index is 12.3. The lowest BCUT2D eigenvalue weighted by Crippen LogP contribution is -2.27. The highest BCUT2D eigenvalue weighted by atomic mass is 35.5. The molecule has 0 bridgehead atoms. The number of carbonyl (C=O) groups is 1. The number of nitrogens with zero attached hydrogens (tertiary/aromatic N) is 3. The lowest BCUT2D eigenvalue weighted by Gasteiger charge is -2.09. The summed E-state index contributed by atoms with van der Waals surface area (Å²) in [5, 5.41) is 12.8. The molecule has 2 aromatic heterocycles. The van der Waals surface area contributed by atoms with Crippen molar-refractivity contribution in [2.75, 3.05) is 12.3 Å². The van der Waals surface area contributed by atoms with Crippen molar-refractivity contribution in [1.82, 2.24) is 20.1 Å². The number of para-hydroxylation sites is 1. The Balaban J connectivity index is 1.41. The first-order chi connectivity index (χ1) is 14.7. The Morgan fingerprint density at radius 2 is 1.93 bits per heavy atom. The first-order valence-corrected chi connectivity index (χ1v) is 10.8. The quantitative estimate of drug-likeness (QED) is 0.406. The highest BCUT2D eigenvalue weighted by molar-refractivity contribution is 7.99. The molecule has 152 valence electrons. The van der Waals surface area contributed by atoms with Gasteiger partial charge in [0.1, 0.15) is 0 Å². The first-order valence-electron chi connectivity index (χ1n) is 9.39. The van der Waals surface area contributed by atoms with E-state index in [1.54, 1.807) is 12.3 Å². The lowest BCUT2D eigenvalue weighted by molar-refractivity contribution is -0.118. The van der Waals surface area contributed by atoms with E-state index in [9.17, 15) is 4.79 Å². The Labute approximate surface area is 183 Å². The summed E-state index contributed by atoms with van der Waals surface area (Å²) in [4.78, 5) is 12.3. The van der Waals surface area contributed by atoms with Gasteiger partial charge in [-0.25, -0.2) is 0 Å². The van der Waals surface area contributed by atoms with Gasteiger partial charge in [0.05, 0.1) is 12.0 Å². The summed E-state index contributed by atoms with van der Waals surface area (Å²) in [5.74, 6) is 1.38. The highest BCUT2D eigenvalue weighted by Crippen LogP contribution is 2.28. The second kappa shape index (κ2) is 9.65. The van der Waals surface area contributed by atoms with Crippen molar-refractivity contribution in [3.05, 3.63) is 83.6 Å². The first kappa shape index (κ1) is 20.3. The molecule has 0 unspecified atom stereocenters. The molecular weight excluding hydrogens is 420 g/mol. The number of thioether (sulfide) groups is 1. The minimum absolute atomic E-state index is 0.0656. The van der Waals surface area contributed by atoms with Crippen molar-refractivity contribution in [3.63, 3.8) is 0 Å². The molecule has 4 rings (SSSR count). The van der Waals surface area contributed by atoms with Crippen molar-refractivity contribution in [2.45, 2.75) is 11.6 Å². The molecule has 8 heteroatoms. The third-order valence-electron chi connectivity index (χ3n) is 4.35. The molecule has 0 radical (unpaired) electrons. The average molecular weight is 439 g/mol. The Hall–Kier alpha value is -3.03. The molecule has 0 saturated carbocycles. The topological polar surface area (TPSA) is 73.0 Å². The molecule has 0 aliphatic carbocycles. The SMILES string of the molecule is O=C(CSc1nnc(-c2ccco2)n1-c1ccccc1)NCCc1cccc(Cl)c1. The number of hydrogen-bond acceptors (Lipinski definition) is 5. The summed E-state index contributed by atoms with van der Waals surface area (Å²) in [5.41, 5.74) is 1.99. The molecule has 0 saturated heterocycles. The molecular formula is C22H19ClN4O2S. The van der Waals surface area contributed by atoms with Crippen LogP contribution < -0.4 is 5.32 Å². The molecule has 2 heterocycles. The van der Waals surface area contributed by atoms with Gasteiger partial charge >= 0.3 is 0 Å². The van der Waals surface area contributed by atoms with Crippen LogP contribution in [0.4, 0.5) is 0 Å². The summed E-state index contributed by atoms with van der Waals surface area (Å²) in [6, 6.07) is 21.0. The Bertz CT molecular complexity index is 1110. The molecule has 2 aromatic carbocycles. The number of amides is 1. The summed E-state index contributed by atoms with van der Waals surface area (Å²) < 4.78 is 7.39. The molecule has 6 nitrogen and oxygen atoms in total. The largest absolute Gasteiger partial charge is 0.461 e. The predicted molar refractivity (Wildman–Crippen MR) is 118 cm³/mol. The van der Waals surface area contributed by atoms with Gasteiger partial charge in [0.25, 0.3) is 0 Å². The van der Waals surface area contributed by atoms with Crippen LogP contribution >= 0.6 is 23.4 Å². The summed E-state index contributed by atoms with van der Waals surface area (Å²) in [7, 11) is 0. The predicted octanol–water partition coefficient (Wildman–Crippen LogP) is 4.63. The maximum Gasteiger partial charge on any atom is 0.230 e. The smallest absolute Gasteiger partial charge is 0.230 e. The molecule has 0 fully saturated rings. The molecule has 1 N–H and O–H groups in total. The van der Waals surface area contributed by atoms with Crippen molar-refractivity contribution >= 4 is 29.3 Å². The average Bonchev–Trinajstić information content (AvgIpc) is 3.43. The summed E-state index contributed by atoms with van der Waals surface area (Å²) >= 11 is 7.33. The van der Waals surface area contributed by atoms with E-state index in [1.807, 2.05) is 65.2 Å². The fourth-order valence-electron chi connectivity index (χ4n) is 2.96. The Morgan fingerprint density at radius 3 is 2.70 bits per heavy atom. The van der Waals surface area contributed by atoms with Gasteiger partial charge < -0.3 is 9.73 Å². The number of carbonyl (C=O) groups excluding carboxylic acids is 1. The number of furan rings is 1. The van der Waals surface area contributed by atoms with Crippen LogP contribution in [0.1, 0.15) is 5.56 Å². The van der Waals surface area contributed by atoms with Crippen LogP contribution in [-0.4, -0.2) is 33.0 Å². The minimum atomic E-state index is -0.0656. The fourth-order valence-corrected chi connectivity index (χ4v) is 3.95. The van der Waals surface area contributed by atoms with Crippen LogP contribution in [0.2, 0.25) is 5.02 Å². The van der Waals surface area contributed by atoms with E-state index in [0.29, 0.717) is 28.3 Å². The van der Waals surface area contributed by atoms with Gasteiger partial charge in [0, 0.05) is 17.3 Å². The Kier molecular flexibility index (Phi) is 6.51. The summed E-state index contributed by atoms with van der Waals surface area (Å²) in [6.07, 6.45) is 2.32. The van der Waals surface area contributed by atoms with Gasteiger partial charge in [-0.15, -0.1) is 10.2 Å². The van der Waals surface area contributed by atoms with Crippen LogP contribution in [0.15, 0.2) is 82.6 Å². The van der Waals surface area contributed by atoms with E-state index in [1.165, 1.54) is 11.8 Å². The number of nitrogens with one attached hydrogen (secondary N) is 1. The fraction of sp³-hybridized carbons (Fsp3) is 0.136. The highest BCUT2D eigenvalue weighted by Gasteiger charge is 2.18. The van der Waals surface area contributed by atoms with Crippen LogP contribution in [0.25, 0.3) is 17.3 Å². The van der Waals surface area contributed by atoms with Crippen molar-refractivity contribution in [3.8, 4) is 17.3 Å². The number of hydrogen-bond donors (Lipinski definition) is 1. The van der Waals surface area contributed by atoms with Gasteiger partial charge in [-0.3, -0.25) is 9.36 Å². The monoisotopic (exact) mass is 438 g/mol. The second-order valence-electron chi connectivity index (χ2n) is 6.47. The van der Waals surface area contributed by atoms with E-state index < -0.39 is 0 Å². The van der Waals surface area contributed by atoms with E-state index in [0.717, 1.165) is 17.7 Å². The number of rotatable bonds is 8. The minimum Gasteiger partial charge on any atom is -0.461 e. The molecule has 0 aliphatic heterocycles. The van der Waals surface area contributed by atoms with Crippen LogP contribution in [0.5, 0.6) is 0 Å². The van der Waals surface area contributed by atoms with Gasteiger partial charge in [0.2, 0.25) is 11.7 Å².